The molecule has 0 spiro atoms. The summed E-state index contributed by atoms with van der Waals surface area (Å²) in [5.74, 6) is -0.452. The monoisotopic (exact) mass is 260 g/mol. The second-order valence-electron chi connectivity index (χ2n) is 4.23. The van der Waals surface area contributed by atoms with Gasteiger partial charge in [0.1, 0.15) is 12.7 Å². The number of rotatable bonds is 9. The number of esters is 2. The lowest BCUT2D eigenvalue weighted by molar-refractivity contribution is -0.154. The van der Waals surface area contributed by atoms with E-state index in [9.17, 15) is 9.59 Å². The Morgan fingerprint density at radius 2 is 1.67 bits per heavy atom. The average molecular weight is 260 g/mol. The first-order valence-corrected chi connectivity index (χ1v) is 6.46. The van der Waals surface area contributed by atoms with Crippen molar-refractivity contribution in [3.63, 3.8) is 0 Å². The fraction of sp³-hybridized carbons (Fsp3) is 0.846. The number of hydrogen-bond acceptors (Lipinski definition) is 5. The Balaban J connectivity index is 3.67. The van der Waals surface area contributed by atoms with Gasteiger partial charge in [-0.3, -0.25) is 9.59 Å². The van der Waals surface area contributed by atoms with Crippen LogP contribution in [0.1, 0.15) is 47.0 Å². The van der Waals surface area contributed by atoms with Gasteiger partial charge in [-0.1, -0.05) is 13.8 Å². The topological polar surface area (TPSA) is 61.8 Å². The Labute approximate surface area is 109 Å². The van der Waals surface area contributed by atoms with Gasteiger partial charge < -0.3 is 14.2 Å². The van der Waals surface area contributed by atoms with Crippen LogP contribution in [0.5, 0.6) is 0 Å². The van der Waals surface area contributed by atoms with E-state index in [1.807, 2.05) is 13.8 Å². The molecule has 0 bridgehead atoms. The molecule has 0 aliphatic heterocycles. The minimum absolute atomic E-state index is 0.201. The van der Waals surface area contributed by atoms with Crippen LogP contribution in [0, 0.1) is 0 Å². The average Bonchev–Trinajstić information content (AvgIpc) is 2.33. The summed E-state index contributed by atoms with van der Waals surface area (Å²) in [6, 6.07) is 0. The lowest BCUT2D eigenvalue weighted by Gasteiger charge is -2.17. The normalized spacial score (nSPS) is 13.8. The molecule has 0 aromatic carbocycles. The Kier molecular flexibility index (Phi) is 9.28. The van der Waals surface area contributed by atoms with E-state index in [0.717, 1.165) is 6.42 Å². The van der Waals surface area contributed by atoms with Gasteiger partial charge in [0.05, 0.1) is 12.7 Å². The Hall–Kier alpha value is -1.10. The maximum absolute atomic E-state index is 11.2. The van der Waals surface area contributed by atoms with Crippen molar-refractivity contribution in [1.82, 2.24) is 0 Å². The minimum atomic E-state index is -0.284. The molecule has 0 N–H and O–H groups in total. The quantitative estimate of drug-likeness (QED) is 0.594. The van der Waals surface area contributed by atoms with Crippen molar-refractivity contribution in [2.45, 2.75) is 59.2 Å². The third-order valence-electron chi connectivity index (χ3n) is 2.17. The number of ether oxygens (including phenoxy) is 3. The van der Waals surface area contributed by atoms with E-state index in [4.69, 9.17) is 14.2 Å². The molecular weight excluding hydrogens is 236 g/mol. The highest BCUT2D eigenvalue weighted by Gasteiger charge is 2.12. The highest BCUT2D eigenvalue weighted by atomic mass is 16.6. The highest BCUT2D eigenvalue weighted by molar-refractivity contribution is 5.69. The summed E-state index contributed by atoms with van der Waals surface area (Å²) in [6.07, 6.45) is 1.07. The molecule has 0 radical (unpaired) electrons. The third kappa shape index (κ3) is 8.98. The van der Waals surface area contributed by atoms with Crippen LogP contribution in [0.25, 0.3) is 0 Å². The molecule has 5 nitrogen and oxygen atoms in total. The molecule has 0 aromatic rings. The van der Waals surface area contributed by atoms with Crippen LogP contribution in [-0.4, -0.2) is 37.4 Å². The molecule has 0 amide bonds. The zero-order valence-electron chi connectivity index (χ0n) is 11.7. The van der Waals surface area contributed by atoms with Gasteiger partial charge in [0.2, 0.25) is 0 Å². The fourth-order valence-corrected chi connectivity index (χ4v) is 1.18. The summed E-state index contributed by atoms with van der Waals surface area (Å²) in [5, 5.41) is 0. The fourth-order valence-electron chi connectivity index (χ4n) is 1.18. The molecule has 18 heavy (non-hydrogen) atoms. The zero-order chi connectivity index (χ0) is 14.0. The summed E-state index contributed by atoms with van der Waals surface area (Å²) in [5.41, 5.74) is 0. The van der Waals surface area contributed by atoms with Gasteiger partial charge in [-0.15, -0.1) is 0 Å². The van der Waals surface area contributed by atoms with Gasteiger partial charge in [-0.2, -0.15) is 0 Å². The van der Waals surface area contributed by atoms with Crippen molar-refractivity contribution in [1.29, 1.82) is 0 Å². The van der Waals surface area contributed by atoms with E-state index >= 15 is 0 Å². The first kappa shape index (κ1) is 16.9. The van der Waals surface area contributed by atoms with Crippen LogP contribution < -0.4 is 0 Å². The van der Waals surface area contributed by atoms with Crippen molar-refractivity contribution in [2.24, 2.45) is 0 Å². The number of carbonyl (C=O) groups excluding carboxylic acids is 2. The Bertz CT molecular complexity index is 252. The van der Waals surface area contributed by atoms with Crippen LogP contribution in [0.15, 0.2) is 0 Å². The Morgan fingerprint density at radius 3 is 2.22 bits per heavy atom. The van der Waals surface area contributed by atoms with Crippen molar-refractivity contribution >= 4 is 11.9 Å². The largest absolute Gasteiger partial charge is 0.463 e. The van der Waals surface area contributed by atoms with E-state index < -0.39 is 0 Å². The predicted molar refractivity (Wildman–Crippen MR) is 67.1 cm³/mol. The van der Waals surface area contributed by atoms with Crippen LogP contribution in [0.4, 0.5) is 0 Å². The van der Waals surface area contributed by atoms with E-state index in [0.29, 0.717) is 19.4 Å². The minimum Gasteiger partial charge on any atom is -0.463 e. The molecule has 0 saturated heterocycles. The lowest BCUT2D eigenvalue weighted by atomic mass is 10.3. The van der Waals surface area contributed by atoms with Crippen LogP contribution in [0.3, 0.4) is 0 Å². The molecule has 0 fully saturated rings. The second kappa shape index (κ2) is 9.88. The van der Waals surface area contributed by atoms with Gasteiger partial charge >= 0.3 is 11.9 Å². The molecule has 2 atom stereocenters. The molecule has 106 valence electrons. The zero-order valence-corrected chi connectivity index (χ0v) is 11.7. The number of carbonyl (C=O) groups is 2. The van der Waals surface area contributed by atoms with Gasteiger partial charge in [0.15, 0.2) is 0 Å². The molecular formula is C13H24O5. The summed E-state index contributed by atoms with van der Waals surface area (Å²) in [7, 11) is 0. The summed E-state index contributed by atoms with van der Waals surface area (Å²) in [6.45, 7) is 7.78. The number of hydrogen-bond donors (Lipinski definition) is 0. The van der Waals surface area contributed by atoms with Crippen LogP contribution in [0.2, 0.25) is 0 Å². The standard InChI is InChI=1S/C13H24O5/c1-5-7-13(15)18-11(4)9-16-10(3)8-17-12(14)6-2/h10-11H,5-9H2,1-4H3. The third-order valence-corrected chi connectivity index (χ3v) is 2.17. The highest BCUT2D eigenvalue weighted by Crippen LogP contribution is 2.01. The van der Waals surface area contributed by atoms with Crippen LogP contribution in [-0.2, 0) is 23.8 Å². The van der Waals surface area contributed by atoms with Crippen molar-refractivity contribution in [3.8, 4) is 0 Å². The van der Waals surface area contributed by atoms with Crippen LogP contribution >= 0.6 is 0 Å². The van der Waals surface area contributed by atoms with Crippen molar-refractivity contribution in [3.05, 3.63) is 0 Å². The van der Waals surface area contributed by atoms with Crippen molar-refractivity contribution in [2.75, 3.05) is 13.2 Å². The molecule has 2 unspecified atom stereocenters. The van der Waals surface area contributed by atoms with Gasteiger partial charge in [-0.25, -0.2) is 0 Å². The van der Waals surface area contributed by atoms with Gasteiger partial charge in [0.25, 0.3) is 0 Å². The molecule has 5 heteroatoms. The predicted octanol–water partition coefficient (Wildman–Crippen LogP) is 2.08. The molecule has 0 aliphatic carbocycles. The smallest absolute Gasteiger partial charge is 0.306 e. The van der Waals surface area contributed by atoms with Gasteiger partial charge in [-0.05, 0) is 20.3 Å². The van der Waals surface area contributed by atoms with Gasteiger partial charge in [0, 0.05) is 12.8 Å². The Morgan fingerprint density at radius 1 is 1.00 bits per heavy atom. The second-order valence-corrected chi connectivity index (χ2v) is 4.23. The van der Waals surface area contributed by atoms with Crippen molar-refractivity contribution < 1.29 is 23.8 Å². The van der Waals surface area contributed by atoms with E-state index in [1.165, 1.54) is 0 Å². The maximum atomic E-state index is 11.2. The lowest BCUT2D eigenvalue weighted by Crippen LogP contribution is -2.26. The summed E-state index contributed by atoms with van der Waals surface area (Å²) >= 11 is 0. The molecule has 0 saturated carbocycles. The molecule has 0 aromatic heterocycles. The molecule has 0 heterocycles. The molecule has 0 aliphatic rings. The first-order chi connectivity index (χ1) is 8.49. The van der Waals surface area contributed by atoms with E-state index in [1.54, 1.807) is 13.8 Å². The van der Waals surface area contributed by atoms with E-state index in [2.05, 4.69) is 0 Å². The SMILES string of the molecule is CCCC(=O)OC(C)COC(C)COC(=O)CC. The summed E-state index contributed by atoms with van der Waals surface area (Å²) < 4.78 is 15.5. The first-order valence-electron chi connectivity index (χ1n) is 6.46. The van der Waals surface area contributed by atoms with E-state index in [-0.39, 0.29) is 30.8 Å². The molecule has 0 rings (SSSR count). The maximum Gasteiger partial charge on any atom is 0.306 e. The summed E-state index contributed by atoms with van der Waals surface area (Å²) in [4.78, 5) is 22.1.